The molecule has 30 heavy (non-hydrogen) atoms. The Kier molecular flexibility index (Phi) is 5.39. The average molecular weight is 402 g/mol. The largest absolute Gasteiger partial charge is 0.294 e. The number of anilines is 2. The SMILES string of the molecule is O=C(CCC1C(=O)N(c2ccccc2)N(c2ccccc2)C1=O)c1ccccc1F. The van der Waals surface area contributed by atoms with Crippen LogP contribution in [0.4, 0.5) is 15.8 Å². The molecule has 1 saturated heterocycles. The highest BCUT2D eigenvalue weighted by atomic mass is 19.1. The average Bonchev–Trinajstić information content (AvgIpc) is 3.03. The summed E-state index contributed by atoms with van der Waals surface area (Å²) >= 11 is 0. The quantitative estimate of drug-likeness (QED) is 0.454. The van der Waals surface area contributed by atoms with E-state index >= 15 is 0 Å². The number of carbonyl (C=O) groups excluding carboxylic acids is 3. The van der Waals surface area contributed by atoms with E-state index in [0.29, 0.717) is 11.4 Å². The molecule has 4 rings (SSSR count). The van der Waals surface area contributed by atoms with Gasteiger partial charge in [-0.25, -0.2) is 14.4 Å². The van der Waals surface area contributed by atoms with Crippen molar-refractivity contribution in [1.29, 1.82) is 0 Å². The minimum Gasteiger partial charge on any atom is -0.294 e. The number of para-hydroxylation sites is 2. The Morgan fingerprint density at radius 1 is 0.733 bits per heavy atom. The maximum atomic E-state index is 13.9. The van der Waals surface area contributed by atoms with E-state index in [2.05, 4.69) is 0 Å². The number of benzene rings is 3. The fourth-order valence-corrected chi connectivity index (χ4v) is 3.57. The molecule has 2 amide bonds. The lowest BCUT2D eigenvalue weighted by Gasteiger charge is -2.27. The van der Waals surface area contributed by atoms with E-state index in [9.17, 15) is 18.8 Å². The summed E-state index contributed by atoms with van der Waals surface area (Å²) in [5, 5.41) is 2.69. The van der Waals surface area contributed by atoms with Gasteiger partial charge in [0, 0.05) is 6.42 Å². The zero-order valence-corrected chi connectivity index (χ0v) is 16.1. The molecule has 6 heteroatoms. The number of amides is 2. The van der Waals surface area contributed by atoms with Crippen LogP contribution in [0.5, 0.6) is 0 Å². The van der Waals surface area contributed by atoms with Crippen molar-refractivity contribution in [3.63, 3.8) is 0 Å². The van der Waals surface area contributed by atoms with Crippen LogP contribution in [0.15, 0.2) is 84.9 Å². The smallest absolute Gasteiger partial charge is 0.258 e. The summed E-state index contributed by atoms with van der Waals surface area (Å²) < 4.78 is 13.9. The van der Waals surface area contributed by atoms with Crippen molar-refractivity contribution in [3.8, 4) is 0 Å². The van der Waals surface area contributed by atoms with Gasteiger partial charge in [0.25, 0.3) is 11.8 Å². The van der Waals surface area contributed by atoms with Gasteiger partial charge in [-0.2, -0.15) is 0 Å². The van der Waals surface area contributed by atoms with Gasteiger partial charge >= 0.3 is 0 Å². The molecular formula is C24H19FN2O3. The van der Waals surface area contributed by atoms with Crippen molar-refractivity contribution in [3.05, 3.63) is 96.3 Å². The first kappa shape index (κ1) is 19.5. The van der Waals surface area contributed by atoms with E-state index in [-0.39, 0.29) is 18.4 Å². The Balaban J connectivity index is 1.61. The number of nitrogens with zero attached hydrogens (tertiary/aromatic N) is 2. The summed E-state index contributed by atoms with van der Waals surface area (Å²) in [5.74, 6) is -2.87. The zero-order chi connectivity index (χ0) is 21.1. The summed E-state index contributed by atoms with van der Waals surface area (Å²) in [6, 6.07) is 23.5. The van der Waals surface area contributed by atoms with Crippen molar-refractivity contribution < 1.29 is 18.8 Å². The van der Waals surface area contributed by atoms with Crippen LogP contribution in [0.2, 0.25) is 0 Å². The second-order valence-corrected chi connectivity index (χ2v) is 6.97. The molecule has 1 aliphatic heterocycles. The van der Waals surface area contributed by atoms with Crippen LogP contribution in [0.1, 0.15) is 23.2 Å². The molecule has 5 nitrogen and oxygen atoms in total. The topological polar surface area (TPSA) is 57.7 Å². The van der Waals surface area contributed by atoms with Crippen LogP contribution < -0.4 is 10.0 Å². The third kappa shape index (κ3) is 3.59. The third-order valence-electron chi connectivity index (χ3n) is 5.05. The Hall–Kier alpha value is -3.80. The normalized spacial score (nSPS) is 14.4. The number of ketones is 1. The van der Waals surface area contributed by atoms with Gasteiger partial charge in [0.1, 0.15) is 11.7 Å². The lowest BCUT2D eigenvalue weighted by atomic mass is 9.97. The molecule has 0 bridgehead atoms. The summed E-state index contributed by atoms with van der Waals surface area (Å²) in [6.45, 7) is 0. The van der Waals surface area contributed by atoms with Gasteiger partial charge in [0.15, 0.2) is 5.78 Å². The molecule has 0 N–H and O–H groups in total. The monoisotopic (exact) mass is 402 g/mol. The number of Topliss-reactive ketones (excluding diaryl/α,β-unsaturated/α-hetero) is 1. The molecule has 1 heterocycles. The number of hydrogen-bond donors (Lipinski definition) is 0. The highest BCUT2D eigenvalue weighted by Gasteiger charge is 2.46. The molecule has 0 spiro atoms. The molecule has 3 aromatic rings. The molecule has 3 aromatic carbocycles. The third-order valence-corrected chi connectivity index (χ3v) is 5.05. The van der Waals surface area contributed by atoms with Crippen molar-refractivity contribution in [1.82, 2.24) is 0 Å². The van der Waals surface area contributed by atoms with E-state index in [4.69, 9.17) is 0 Å². The maximum Gasteiger partial charge on any atom is 0.258 e. The standard InChI is InChI=1S/C24H19FN2O3/c25-21-14-8-7-13-19(21)22(28)16-15-20-23(29)26(17-9-3-1-4-10-17)27(24(20)30)18-11-5-2-6-12-18/h1-14,20H,15-16H2. The first-order valence-corrected chi connectivity index (χ1v) is 9.63. The van der Waals surface area contributed by atoms with E-state index in [0.717, 1.165) is 0 Å². The molecule has 0 aromatic heterocycles. The van der Waals surface area contributed by atoms with Crippen LogP contribution in [0.3, 0.4) is 0 Å². The number of hydrazine groups is 1. The van der Waals surface area contributed by atoms with E-state index in [1.165, 1.54) is 28.2 Å². The fraction of sp³-hybridized carbons (Fsp3) is 0.125. The van der Waals surface area contributed by atoms with Crippen LogP contribution >= 0.6 is 0 Å². The minimum absolute atomic E-state index is 0.0114. The van der Waals surface area contributed by atoms with E-state index in [1.54, 1.807) is 54.6 Å². The van der Waals surface area contributed by atoms with E-state index < -0.39 is 29.3 Å². The Labute approximate surface area is 173 Å². The van der Waals surface area contributed by atoms with Gasteiger partial charge in [-0.1, -0.05) is 48.5 Å². The number of carbonyl (C=O) groups is 3. The lowest BCUT2D eigenvalue weighted by Crippen LogP contribution is -2.41. The van der Waals surface area contributed by atoms with Gasteiger partial charge in [0.05, 0.1) is 16.9 Å². The molecule has 1 aliphatic rings. The second-order valence-electron chi connectivity index (χ2n) is 6.97. The predicted molar refractivity (Wildman–Crippen MR) is 111 cm³/mol. The molecule has 0 aliphatic carbocycles. The van der Waals surface area contributed by atoms with E-state index in [1.807, 2.05) is 12.1 Å². The van der Waals surface area contributed by atoms with Gasteiger partial charge < -0.3 is 0 Å². The number of rotatable bonds is 6. The first-order valence-electron chi connectivity index (χ1n) is 9.63. The van der Waals surface area contributed by atoms with Crippen LogP contribution in [-0.2, 0) is 9.59 Å². The number of hydrogen-bond acceptors (Lipinski definition) is 3. The van der Waals surface area contributed by atoms with Crippen molar-refractivity contribution in [2.75, 3.05) is 10.0 Å². The van der Waals surface area contributed by atoms with Crippen molar-refractivity contribution in [2.45, 2.75) is 12.8 Å². The van der Waals surface area contributed by atoms with Crippen molar-refractivity contribution in [2.24, 2.45) is 5.92 Å². The van der Waals surface area contributed by atoms with Gasteiger partial charge in [-0.05, 0) is 42.8 Å². The molecule has 1 fully saturated rings. The molecular weight excluding hydrogens is 383 g/mol. The molecule has 150 valence electrons. The Bertz CT molecular complexity index is 1030. The summed E-state index contributed by atoms with van der Waals surface area (Å²) in [6.07, 6.45) is -0.0914. The summed E-state index contributed by atoms with van der Waals surface area (Å²) in [7, 11) is 0. The van der Waals surface area contributed by atoms with Crippen LogP contribution in [-0.4, -0.2) is 17.6 Å². The fourth-order valence-electron chi connectivity index (χ4n) is 3.57. The molecule has 0 atom stereocenters. The molecule has 0 radical (unpaired) electrons. The zero-order valence-electron chi connectivity index (χ0n) is 16.1. The Morgan fingerprint density at radius 2 is 1.20 bits per heavy atom. The number of halogens is 1. The molecule has 0 unspecified atom stereocenters. The highest BCUT2D eigenvalue weighted by Crippen LogP contribution is 2.33. The predicted octanol–water partition coefficient (Wildman–Crippen LogP) is 4.40. The van der Waals surface area contributed by atoms with Gasteiger partial charge in [-0.15, -0.1) is 0 Å². The van der Waals surface area contributed by atoms with Crippen LogP contribution in [0, 0.1) is 11.7 Å². The van der Waals surface area contributed by atoms with Crippen molar-refractivity contribution >= 4 is 29.0 Å². The second kappa shape index (κ2) is 8.29. The minimum atomic E-state index is -1.01. The van der Waals surface area contributed by atoms with Crippen LogP contribution in [0.25, 0.3) is 0 Å². The highest BCUT2D eigenvalue weighted by molar-refractivity contribution is 6.23. The Morgan fingerprint density at radius 3 is 1.70 bits per heavy atom. The van der Waals surface area contributed by atoms with Gasteiger partial charge in [0.2, 0.25) is 0 Å². The summed E-state index contributed by atoms with van der Waals surface area (Å²) in [4.78, 5) is 38.8. The first-order chi connectivity index (χ1) is 14.6. The lowest BCUT2D eigenvalue weighted by molar-refractivity contribution is -0.127. The molecule has 0 saturated carbocycles. The maximum absolute atomic E-state index is 13.9. The van der Waals surface area contributed by atoms with Gasteiger partial charge in [-0.3, -0.25) is 14.4 Å². The summed E-state index contributed by atoms with van der Waals surface area (Å²) in [5.41, 5.74) is 1.08.